The summed E-state index contributed by atoms with van der Waals surface area (Å²) in [5, 5.41) is 8.00. The van der Waals surface area contributed by atoms with E-state index in [0.29, 0.717) is 18.4 Å². The summed E-state index contributed by atoms with van der Waals surface area (Å²) < 4.78 is 13.5. The van der Waals surface area contributed by atoms with Crippen LogP contribution in [0.2, 0.25) is 0 Å². The van der Waals surface area contributed by atoms with Crippen LogP contribution in [-0.4, -0.2) is 22.7 Å². The summed E-state index contributed by atoms with van der Waals surface area (Å²) in [6.07, 6.45) is 16.7. The van der Waals surface area contributed by atoms with E-state index < -0.39 is 0 Å². The van der Waals surface area contributed by atoms with Gasteiger partial charge in [0.05, 0.1) is 12.1 Å². The molecule has 1 heterocycles. The van der Waals surface area contributed by atoms with Crippen LogP contribution in [0.3, 0.4) is 0 Å². The van der Waals surface area contributed by atoms with E-state index in [1.807, 2.05) is 51.2 Å². The average molecular weight is 424 g/mol. The zero-order chi connectivity index (χ0) is 22.5. The molecule has 3 rings (SSSR count). The SMILES string of the molecule is CC.CC/C=C(F)\C=C/Cc1[nH]nc2ccc(C(=O)NOCC3=CC=CCC=C3)cc12. The van der Waals surface area contributed by atoms with Gasteiger partial charge in [-0.25, -0.2) is 9.87 Å². The van der Waals surface area contributed by atoms with Gasteiger partial charge >= 0.3 is 0 Å². The quantitative estimate of drug-likeness (QED) is 0.401. The molecule has 0 radical (unpaired) electrons. The molecule has 1 aliphatic rings. The van der Waals surface area contributed by atoms with E-state index in [2.05, 4.69) is 15.7 Å². The summed E-state index contributed by atoms with van der Waals surface area (Å²) in [5.41, 5.74) is 5.48. The lowest BCUT2D eigenvalue weighted by atomic mass is 10.1. The molecule has 1 aromatic heterocycles. The minimum atomic E-state index is -0.333. The van der Waals surface area contributed by atoms with Gasteiger partial charge < -0.3 is 0 Å². The van der Waals surface area contributed by atoms with Crippen LogP contribution in [-0.2, 0) is 11.3 Å². The van der Waals surface area contributed by atoms with Crippen LogP contribution in [0.15, 0.2) is 78.2 Å². The van der Waals surface area contributed by atoms with Crippen LogP contribution >= 0.6 is 0 Å². The number of benzene rings is 1. The number of nitrogens with one attached hydrogen (secondary N) is 2. The first kappa shape index (κ1) is 24.0. The van der Waals surface area contributed by atoms with Crippen molar-refractivity contribution in [3.05, 3.63) is 89.5 Å². The number of rotatable bonds is 8. The Hall–Kier alpha value is -3.25. The van der Waals surface area contributed by atoms with Gasteiger partial charge in [-0.3, -0.25) is 14.7 Å². The summed E-state index contributed by atoms with van der Waals surface area (Å²) in [6.45, 7) is 6.17. The molecule has 31 heavy (non-hydrogen) atoms. The lowest BCUT2D eigenvalue weighted by molar-refractivity contribution is 0.0406. The molecule has 164 valence electrons. The summed E-state index contributed by atoms with van der Waals surface area (Å²) in [4.78, 5) is 17.8. The molecule has 0 saturated carbocycles. The minimum absolute atomic E-state index is 0.261. The van der Waals surface area contributed by atoms with Gasteiger partial charge in [-0.1, -0.05) is 57.2 Å². The molecule has 0 bridgehead atoms. The highest BCUT2D eigenvalue weighted by molar-refractivity contribution is 5.98. The predicted octanol–water partition coefficient (Wildman–Crippen LogP) is 6.06. The molecule has 0 spiro atoms. The number of hydrogen-bond acceptors (Lipinski definition) is 3. The third kappa shape index (κ3) is 7.50. The Morgan fingerprint density at radius 1 is 1.32 bits per heavy atom. The molecular formula is C25H30FN3O2. The van der Waals surface area contributed by atoms with E-state index in [0.717, 1.165) is 28.6 Å². The highest BCUT2D eigenvalue weighted by Crippen LogP contribution is 2.19. The number of amides is 1. The maximum Gasteiger partial charge on any atom is 0.274 e. The second-order valence-corrected chi connectivity index (χ2v) is 6.57. The fraction of sp³-hybridized carbons (Fsp3) is 0.280. The predicted molar refractivity (Wildman–Crippen MR) is 124 cm³/mol. The molecule has 2 aromatic rings. The van der Waals surface area contributed by atoms with Crippen LogP contribution in [0.25, 0.3) is 10.9 Å². The number of hydrogen-bond donors (Lipinski definition) is 2. The summed E-state index contributed by atoms with van der Waals surface area (Å²) in [6, 6.07) is 5.22. The average Bonchev–Trinajstić information content (AvgIpc) is 3.00. The smallest absolute Gasteiger partial charge is 0.274 e. The molecule has 0 saturated heterocycles. The van der Waals surface area contributed by atoms with Crippen molar-refractivity contribution in [1.82, 2.24) is 15.7 Å². The van der Waals surface area contributed by atoms with Crippen molar-refractivity contribution in [3.63, 3.8) is 0 Å². The van der Waals surface area contributed by atoms with Crippen molar-refractivity contribution in [3.8, 4) is 0 Å². The van der Waals surface area contributed by atoms with E-state index >= 15 is 0 Å². The van der Waals surface area contributed by atoms with Crippen molar-refractivity contribution in [2.75, 3.05) is 6.61 Å². The Morgan fingerprint density at radius 2 is 2.16 bits per heavy atom. The topological polar surface area (TPSA) is 67.0 Å². The molecule has 1 amide bonds. The Labute approximate surface area is 183 Å². The summed E-state index contributed by atoms with van der Waals surface area (Å²) >= 11 is 0. The van der Waals surface area contributed by atoms with Gasteiger partial charge in [-0.05, 0) is 48.8 Å². The molecule has 6 heteroatoms. The van der Waals surface area contributed by atoms with E-state index in [1.165, 1.54) is 12.2 Å². The number of fused-ring (bicyclic) bond motifs is 1. The third-order valence-corrected chi connectivity index (χ3v) is 4.35. The normalized spacial score (nSPS) is 13.7. The van der Waals surface area contributed by atoms with Gasteiger partial charge in [0, 0.05) is 23.1 Å². The Balaban J connectivity index is 0.00000166. The van der Waals surface area contributed by atoms with Crippen molar-refractivity contribution in [2.45, 2.75) is 40.0 Å². The molecule has 0 atom stereocenters. The molecule has 2 N–H and O–H groups in total. The van der Waals surface area contributed by atoms with Gasteiger partial charge in [0.1, 0.15) is 5.83 Å². The first-order chi connectivity index (χ1) is 15.2. The van der Waals surface area contributed by atoms with Crippen molar-refractivity contribution >= 4 is 16.8 Å². The Morgan fingerprint density at radius 3 is 2.97 bits per heavy atom. The Bertz CT molecular complexity index is 1010. The molecule has 1 aliphatic carbocycles. The fourth-order valence-corrected chi connectivity index (χ4v) is 2.88. The molecule has 1 aromatic carbocycles. The van der Waals surface area contributed by atoms with E-state index in [9.17, 15) is 9.18 Å². The van der Waals surface area contributed by atoms with E-state index in [4.69, 9.17) is 4.84 Å². The first-order valence-electron chi connectivity index (χ1n) is 10.6. The maximum atomic E-state index is 13.5. The molecular weight excluding hydrogens is 393 g/mol. The summed E-state index contributed by atoms with van der Waals surface area (Å²) in [5.74, 6) is -0.595. The standard InChI is InChI=1S/C23H24FN3O2.C2H6/c1-2-8-19(24)11-7-12-21-20-15-18(13-14-22(20)26-25-21)23(28)27-29-16-17-9-5-3-4-6-10-17;1-2/h3,5-11,13-15H,2,4,12,16H2,1H3,(H,25,26)(H,27,28);1-2H3/b11-7-,19-8+;. The highest BCUT2D eigenvalue weighted by atomic mass is 19.1. The zero-order valence-corrected chi connectivity index (χ0v) is 18.3. The van der Waals surface area contributed by atoms with Gasteiger partial charge in [0.25, 0.3) is 5.91 Å². The van der Waals surface area contributed by atoms with Crippen LogP contribution in [0, 0.1) is 0 Å². The number of nitrogens with zero attached hydrogens (tertiary/aromatic N) is 1. The number of allylic oxidation sites excluding steroid dienone is 8. The molecule has 0 fully saturated rings. The zero-order valence-electron chi connectivity index (χ0n) is 18.3. The third-order valence-electron chi connectivity index (χ3n) is 4.35. The maximum absolute atomic E-state index is 13.5. The highest BCUT2D eigenvalue weighted by Gasteiger charge is 2.10. The number of aromatic amines is 1. The van der Waals surface area contributed by atoms with Crippen LogP contribution in [0.4, 0.5) is 4.39 Å². The monoisotopic (exact) mass is 423 g/mol. The lowest BCUT2D eigenvalue weighted by Gasteiger charge is -2.06. The van der Waals surface area contributed by atoms with Gasteiger partial charge in [0.2, 0.25) is 0 Å². The van der Waals surface area contributed by atoms with Crippen molar-refractivity contribution in [2.24, 2.45) is 0 Å². The second kappa shape index (κ2) is 13.1. The molecule has 0 aliphatic heterocycles. The van der Waals surface area contributed by atoms with Gasteiger partial charge in [-0.2, -0.15) is 5.10 Å². The van der Waals surface area contributed by atoms with Gasteiger partial charge in [0.15, 0.2) is 0 Å². The lowest BCUT2D eigenvalue weighted by Crippen LogP contribution is -2.24. The molecule has 5 nitrogen and oxygen atoms in total. The number of H-pyrrole nitrogens is 1. The van der Waals surface area contributed by atoms with E-state index in [1.54, 1.807) is 24.3 Å². The Kier molecular flexibility index (Phi) is 10.2. The number of aromatic nitrogens is 2. The van der Waals surface area contributed by atoms with Crippen LogP contribution < -0.4 is 5.48 Å². The number of carbonyl (C=O) groups is 1. The van der Waals surface area contributed by atoms with Crippen LogP contribution in [0.5, 0.6) is 0 Å². The number of halogens is 1. The molecule has 0 unspecified atom stereocenters. The fourth-order valence-electron chi connectivity index (χ4n) is 2.88. The largest absolute Gasteiger partial charge is 0.281 e. The number of carbonyl (C=O) groups excluding carboxylic acids is 1. The minimum Gasteiger partial charge on any atom is -0.281 e. The summed E-state index contributed by atoms with van der Waals surface area (Å²) in [7, 11) is 0. The van der Waals surface area contributed by atoms with Crippen molar-refractivity contribution in [1.29, 1.82) is 0 Å². The van der Waals surface area contributed by atoms with Crippen LogP contribution in [0.1, 0.15) is 49.7 Å². The second-order valence-electron chi connectivity index (χ2n) is 6.57. The first-order valence-corrected chi connectivity index (χ1v) is 10.6. The number of hydroxylamine groups is 1. The van der Waals surface area contributed by atoms with Gasteiger partial charge in [-0.15, -0.1) is 0 Å². The van der Waals surface area contributed by atoms with E-state index in [-0.39, 0.29) is 18.3 Å². The van der Waals surface area contributed by atoms with Crippen molar-refractivity contribution < 1.29 is 14.0 Å².